The van der Waals surface area contributed by atoms with Crippen molar-refractivity contribution >= 4 is 17.5 Å². The van der Waals surface area contributed by atoms with E-state index >= 15 is 0 Å². The van der Waals surface area contributed by atoms with Gasteiger partial charge in [-0.05, 0) is 55.7 Å². The second-order valence-electron chi connectivity index (χ2n) is 7.15. The zero-order chi connectivity index (χ0) is 19.2. The molecule has 1 fully saturated rings. The molecule has 1 aliphatic carbocycles. The van der Waals surface area contributed by atoms with E-state index in [-0.39, 0.29) is 29.6 Å². The van der Waals surface area contributed by atoms with Crippen molar-refractivity contribution in [2.45, 2.75) is 45.1 Å². The standard InChI is InChI=1S/C22H25FN2O2/c1-15(16-10-12-19(23)13-11-16)24-22(27)18-8-5-9-20(14-18)25-21(26)17-6-3-2-4-7-17/h5,8-15,17H,2-4,6-7H2,1H3,(H,24,27)(H,25,26). The zero-order valence-electron chi connectivity index (χ0n) is 15.5. The molecule has 0 heterocycles. The van der Waals surface area contributed by atoms with Gasteiger partial charge in [0, 0.05) is 17.2 Å². The van der Waals surface area contributed by atoms with Gasteiger partial charge < -0.3 is 10.6 Å². The number of hydrogen-bond donors (Lipinski definition) is 2. The van der Waals surface area contributed by atoms with Gasteiger partial charge in [0.25, 0.3) is 5.91 Å². The Morgan fingerprint density at radius 1 is 1.04 bits per heavy atom. The second-order valence-corrected chi connectivity index (χ2v) is 7.15. The Hall–Kier alpha value is -2.69. The average Bonchev–Trinajstić information content (AvgIpc) is 2.69. The Kier molecular flexibility index (Phi) is 6.22. The fraction of sp³-hybridized carbons (Fsp3) is 0.364. The topological polar surface area (TPSA) is 58.2 Å². The van der Waals surface area contributed by atoms with E-state index in [1.165, 1.54) is 18.6 Å². The van der Waals surface area contributed by atoms with Crippen LogP contribution in [0.2, 0.25) is 0 Å². The minimum absolute atomic E-state index is 0.0342. The summed E-state index contributed by atoms with van der Waals surface area (Å²) in [6.45, 7) is 1.85. The van der Waals surface area contributed by atoms with Gasteiger partial charge in [-0.3, -0.25) is 9.59 Å². The predicted octanol–water partition coefficient (Wildman–Crippen LogP) is 4.84. The van der Waals surface area contributed by atoms with Crippen LogP contribution >= 0.6 is 0 Å². The molecule has 4 nitrogen and oxygen atoms in total. The average molecular weight is 368 g/mol. The molecule has 2 N–H and O–H groups in total. The minimum Gasteiger partial charge on any atom is -0.346 e. The van der Waals surface area contributed by atoms with E-state index in [0.717, 1.165) is 31.2 Å². The van der Waals surface area contributed by atoms with Gasteiger partial charge >= 0.3 is 0 Å². The molecule has 1 unspecified atom stereocenters. The van der Waals surface area contributed by atoms with Crippen LogP contribution in [0.15, 0.2) is 48.5 Å². The lowest BCUT2D eigenvalue weighted by molar-refractivity contribution is -0.120. The number of anilines is 1. The molecule has 142 valence electrons. The second kappa shape index (κ2) is 8.80. The molecular formula is C22H25FN2O2. The number of hydrogen-bond acceptors (Lipinski definition) is 2. The molecule has 1 atom stereocenters. The van der Waals surface area contributed by atoms with Crippen LogP contribution in [0.4, 0.5) is 10.1 Å². The van der Waals surface area contributed by atoms with Gasteiger partial charge in [0.2, 0.25) is 5.91 Å². The highest BCUT2D eigenvalue weighted by Crippen LogP contribution is 2.25. The molecule has 0 radical (unpaired) electrons. The van der Waals surface area contributed by atoms with Crippen molar-refractivity contribution in [3.05, 3.63) is 65.5 Å². The molecule has 0 aromatic heterocycles. The molecule has 2 aromatic carbocycles. The highest BCUT2D eigenvalue weighted by atomic mass is 19.1. The van der Waals surface area contributed by atoms with Gasteiger partial charge in [-0.1, -0.05) is 37.5 Å². The third-order valence-corrected chi connectivity index (χ3v) is 5.09. The quantitative estimate of drug-likeness (QED) is 0.794. The summed E-state index contributed by atoms with van der Waals surface area (Å²) in [5, 5.41) is 5.84. The molecule has 27 heavy (non-hydrogen) atoms. The van der Waals surface area contributed by atoms with Crippen molar-refractivity contribution in [2.24, 2.45) is 5.92 Å². The number of carbonyl (C=O) groups excluding carboxylic acids is 2. The molecule has 0 aliphatic heterocycles. The van der Waals surface area contributed by atoms with Crippen LogP contribution in [-0.2, 0) is 4.79 Å². The number of amides is 2. The number of halogens is 1. The molecule has 2 amide bonds. The molecule has 5 heteroatoms. The monoisotopic (exact) mass is 368 g/mol. The lowest BCUT2D eigenvalue weighted by atomic mass is 9.88. The lowest BCUT2D eigenvalue weighted by Gasteiger charge is -2.21. The number of rotatable bonds is 5. The van der Waals surface area contributed by atoms with Crippen LogP contribution in [-0.4, -0.2) is 11.8 Å². The van der Waals surface area contributed by atoms with Crippen LogP contribution in [0, 0.1) is 11.7 Å². The molecule has 0 saturated heterocycles. The summed E-state index contributed by atoms with van der Waals surface area (Å²) in [6.07, 6.45) is 5.26. The SMILES string of the molecule is CC(NC(=O)c1cccc(NC(=O)C2CCCCC2)c1)c1ccc(F)cc1. The summed E-state index contributed by atoms with van der Waals surface area (Å²) in [5.41, 5.74) is 1.93. The van der Waals surface area contributed by atoms with Crippen LogP contribution in [0.3, 0.4) is 0 Å². The first-order valence-corrected chi connectivity index (χ1v) is 9.50. The van der Waals surface area contributed by atoms with Gasteiger partial charge in [-0.15, -0.1) is 0 Å². The Balaban J connectivity index is 1.62. The Bertz CT molecular complexity index is 798. The predicted molar refractivity (Wildman–Crippen MR) is 104 cm³/mol. The summed E-state index contributed by atoms with van der Waals surface area (Å²) in [4.78, 5) is 24.9. The minimum atomic E-state index is -0.307. The van der Waals surface area contributed by atoms with Crippen LogP contribution < -0.4 is 10.6 Å². The normalized spacial score (nSPS) is 15.8. The Labute approximate surface area is 159 Å². The first-order chi connectivity index (χ1) is 13.0. The summed E-state index contributed by atoms with van der Waals surface area (Å²) in [5.74, 6) is -0.444. The van der Waals surface area contributed by atoms with E-state index < -0.39 is 0 Å². The maximum atomic E-state index is 13.0. The van der Waals surface area contributed by atoms with Gasteiger partial charge in [0.15, 0.2) is 0 Å². The van der Waals surface area contributed by atoms with E-state index in [9.17, 15) is 14.0 Å². The Morgan fingerprint density at radius 3 is 2.44 bits per heavy atom. The highest BCUT2D eigenvalue weighted by Gasteiger charge is 2.21. The molecule has 0 bridgehead atoms. The molecule has 0 spiro atoms. The van der Waals surface area contributed by atoms with E-state index in [1.54, 1.807) is 36.4 Å². The molecule has 1 aliphatic rings. The summed E-state index contributed by atoms with van der Waals surface area (Å²) in [6, 6.07) is 12.8. The first kappa shape index (κ1) is 19.1. The molecule has 1 saturated carbocycles. The van der Waals surface area contributed by atoms with Crippen LogP contribution in [0.5, 0.6) is 0 Å². The van der Waals surface area contributed by atoms with Crippen molar-refractivity contribution in [3.8, 4) is 0 Å². The molecule has 3 rings (SSSR count). The molecular weight excluding hydrogens is 343 g/mol. The van der Waals surface area contributed by atoms with Gasteiger partial charge in [-0.2, -0.15) is 0 Å². The van der Waals surface area contributed by atoms with Crippen LogP contribution in [0.1, 0.15) is 61.0 Å². The maximum Gasteiger partial charge on any atom is 0.251 e. The van der Waals surface area contributed by atoms with Crippen molar-refractivity contribution in [1.82, 2.24) is 5.32 Å². The van der Waals surface area contributed by atoms with Crippen LogP contribution in [0.25, 0.3) is 0 Å². The van der Waals surface area contributed by atoms with Crippen molar-refractivity contribution in [3.63, 3.8) is 0 Å². The number of nitrogens with one attached hydrogen (secondary N) is 2. The highest BCUT2D eigenvalue weighted by molar-refractivity contribution is 5.97. The summed E-state index contributed by atoms with van der Waals surface area (Å²) >= 11 is 0. The third-order valence-electron chi connectivity index (χ3n) is 5.09. The molecule has 2 aromatic rings. The lowest BCUT2D eigenvalue weighted by Crippen LogP contribution is -2.27. The fourth-order valence-electron chi connectivity index (χ4n) is 3.46. The van der Waals surface area contributed by atoms with E-state index in [1.807, 2.05) is 6.92 Å². The third kappa shape index (κ3) is 5.16. The zero-order valence-corrected chi connectivity index (χ0v) is 15.5. The smallest absolute Gasteiger partial charge is 0.251 e. The van der Waals surface area contributed by atoms with E-state index in [4.69, 9.17) is 0 Å². The summed E-state index contributed by atoms with van der Waals surface area (Å²) in [7, 11) is 0. The van der Waals surface area contributed by atoms with Gasteiger partial charge in [-0.25, -0.2) is 4.39 Å². The first-order valence-electron chi connectivity index (χ1n) is 9.50. The Morgan fingerprint density at radius 2 is 1.74 bits per heavy atom. The van der Waals surface area contributed by atoms with E-state index in [0.29, 0.717) is 11.3 Å². The van der Waals surface area contributed by atoms with Crippen molar-refractivity contribution in [2.75, 3.05) is 5.32 Å². The van der Waals surface area contributed by atoms with Crippen molar-refractivity contribution < 1.29 is 14.0 Å². The number of carbonyl (C=O) groups is 2. The summed E-state index contributed by atoms with van der Waals surface area (Å²) < 4.78 is 13.0. The number of benzene rings is 2. The maximum absolute atomic E-state index is 13.0. The van der Waals surface area contributed by atoms with Crippen molar-refractivity contribution in [1.29, 1.82) is 0 Å². The fourth-order valence-corrected chi connectivity index (χ4v) is 3.46. The van der Waals surface area contributed by atoms with Gasteiger partial charge in [0.1, 0.15) is 5.82 Å². The van der Waals surface area contributed by atoms with Gasteiger partial charge in [0.05, 0.1) is 6.04 Å². The largest absolute Gasteiger partial charge is 0.346 e. The van der Waals surface area contributed by atoms with E-state index in [2.05, 4.69) is 10.6 Å².